The molecular formula is C12H12O3. The molecule has 0 spiro atoms. The highest BCUT2D eigenvalue weighted by molar-refractivity contribution is 5.72. The first-order chi connectivity index (χ1) is 7.17. The van der Waals surface area contributed by atoms with Crippen molar-refractivity contribution in [1.82, 2.24) is 0 Å². The molecule has 0 amide bonds. The largest absolute Gasteiger partial charge is 0.435 e. The number of benzene rings is 1. The lowest BCUT2D eigenvalue weighted by Gasteiger charge is -2.43. The van der Waals surface area contributed by atoms with Crippen LogP contribution in [0.3, 0.4) is 0 Å². The van der Waals surface area contributed by atoms with Crippen molar-refractivity contribution in [2.45, 2.75) is 31.7 Å². The number of hydrogen-bond donors (Lipinski definition) is 0. The van der Waals surface area contributed by atoms with Gasteiger partial charge in [-0.1, -0.05) is 24.3 Å². The van der Waals surface area contributed by atoms with Gasteiger partial charge in [-0.25, -0.2) is 0 Å². The summed E-state index contributed by atoms with van der Waals surface area (Å²) in [6, 6.07) is 8.09. The van der Waals surface area contributed by atoms with E-state index >= 15 is 0 Å². The van der Waals surface area contributed by atoms with E-state index < -0.39 is 11.9 Å². The maximum Gasteiger partial charge on any atom is 0.311 e. The number of rotatable bonds is 0. The van der Waals surface area contributed by atoms with Crippen LogP contribution in [0.4, 0.5) is 0 Å². The molecule has 0 saturated carbocycles. The highest BCUT2D eigenvalue weighted by Gasteiger charge is 2.44. The monoisotopic (exact) mass is 204 g/mol. The number of carbonyl (C=O) groups is 1. The fraction of sp³-hybridized carbons (Fsp3) is 0.417. The average Bonchev–Trinajstić information content (AvgIpc) is 2.15. The van der Waals surface area contributed by atoms with E-state index in [9.17, 15) is 4.79 Å². The minimum absolute atomic E-state index is 0.164. The van der Waals surface area contributed by atoms with Gasteiger partial charge in [0.25, 0.3) is 0 Å². The summed E-state index contributed by atoms with van der Waals surface area (Å²) in [6.07, 6.45) is 0.573. The Morgan fingerprint density at radius 3 is 3.07 bits per heavy atom. The molecule has 1 saturated heterocycles. The van der Waals surface area contributed by atoms with Crippen molar-refractivity contribution in [2.75, 3.05) is 0 Å². The molecule has 2 atom stereocenters. The van der Waals surface area contributed by atoms with Gasteiger partial charge in [0.05, 0.1) is 6.42 Å². The molecule has 3 rings (SSSR count). The molecule has 1 fully saturated rings. The molecule has 0 N–H and O–H groups in total. The zero-order valence-electron chi connectivity index (χ0n) is 8.53. The second-order valence-corrected chi connectivity index (χ2v) is 4.31. The molecule has 0 aromatic heterocycles. The molecule has 1 aromatic carbocycles. The molecule has 2 aliphatic rings. The lowest BCUT2D eigenvalue weighted by molar-refractivity contribution is -0.250. The lowest BCUT2D eigenvalue weighted by Crippen LogP contribution is -2.46. The van der Waals surface area contributed by atoms with Gasteiger partial charge in [0.15, 0.2) is 0 Å². The summed E-state index contributed by atoms with van der Waals surface area (Å²) in [7, 11) is 0. The number of ether oxygens (including phenoxy) is 2. The average molecular weight is 204 g/mol. The van der Waals surface area contributed by atoms with Crippen molar-refractivity contribution < 1.29 is 14.3 Å². The smallest absolute Gasteiger partial charge is 0.311 e. The van der Waals surface area contributed by atoms with Crippen LogP contribution >= 0.6 is 0 Å². The predicted octanol–water partition coefficient (Wildman–Crippen LogP) is 1.75. The van der Waals surface area contributed by atoms with E-state index in [2.05, 4.69) is 6.07 Å². The summed E-state index contributed by atoms with van der Waals surface area (Å²) in [4.78, 5) is 11.4. The first-order valence-corrected chi connectivity index (χ1v) is 5.13. The van der Waals surface area contributed by atoms with Gasteiger partial charge in [-0.05, 0) is 18.1 Å². The topological polar surface area (TPSA) is 35.5 Å². The van der Waals surface area contributed by atoms with E-state index in [1.54, 1.807) is 0 Å². The molecule has 2 unspecified atom stereocenters. The van der Waals surface area contributed by atoms with E-state index in [1.165, 1.54) is 5.56 Å². The highest BCUT2D eigenvalue weighted by Crippen LogP contribution is 2.41. The van der Waals surface area contributed by atoms with Crippen molar-refractivity contribution in [3.63, 3.8) is 0 Å². The summed E-state index contributed by atoms with van der Waals surface area (Å²) in [5, 5.41) is 0. The first-order valence-electron chi connectivity index (χ1n) is 5.13. The number of fused-ring (bicyclic) bond motifs is 4. The summed E-state index contributed by atoms with van der Waals surface area (Å²) < 4.78 is 10.9. The third-order valence-electron chi connectivity index (χ3n) is 3.11. The van der Waals surface area contributed by atoms with Crippen LogP contribution in [-0.4, -0.2) is 12.3 Å². The van der Waals surface area contributed by atoms with Crippen molar-refractivity contribution >= 4 is 5.97 Å². The Labute approximate surface area is 88.0 Å². The maximum atomic E-state index is 11.4. The molecule has 0 radical (unpaired) electrons. The molecule has 2 aliphatic heterocycles. The van der Waals surface area contributed by atoms with Gasteiger partial charge < -0.3 is 9.47 Å². The van der Waals surface area contributed by atoms with E-state index in [1.807, 2.05) is 25.1 Å². The van der Waals surface area contributed by atoms with Gasteiger partial charge in [-0.2, -0.15) is 0 Å². The lowest BCUT2D eigenvalue weighted by atomic mass is 9.84. The molecule has 0 aliphatic carbocycles. The molecule has 2 bridgehead atoms. The Balaban J connectivity index is 2.14. The van der Waals surface area contributed by atoms with E-state index in [0.717, 1.165) is 5.56 Å². The van der Waals surface area contributed by atoms with Crippen molar-refractivity contribution in [3.05, 3.63) is 35.4 Å². The molecule has 3 nitrogen and oxygen atoms in total. The summed E-state index contributed by atoms with van der Waals surface area (Å²) in [6.45, 7) is 1.96. The Bertz CT molecular complexity index is 427. The predicted molar refractivity (Wildman–Crippen MR) is 53.1 cm³/mol. The van der Waals surface area contributed by atoms with Crippen LogP contribution in [0.1, 0.15) is 24.5 Å². The third kappa shape index (κ3) is 1.27. The highest BCUT2D eigenvalue weighted by atomic mass is 16.7. The normalized spacial score (nSPS) is 33.1. The summed E-state index contributed by atoms with van der Waals surface area (Å²) in [5.41, 5.74) is 1.86. The SMILES string of the molecule is CC12CC(=O)OC(Cc3ccccc31)O2. The van der Waals surface area contributed by atoms with Gasteiger partial charge in [-0.3, -0.25) is 4.79 Å². The van der Waals surface area contributed by atoms with Crippen LogP contribution in [0, 0.1) is 0 Å². The van der Waals surface area contributed by atoms with E-state index in [0.29, 0.717) is 12.8 Å². The second kappa shape index (κ2) is 2.83. The quantitative estimate of drug-likeness (QED) is 0.604. The van der Waals surface area contributed by atoms with Crippen LogP contribution in [-0.2, 0) is 26.3 Å². The first kappa shape index (κ1) is 8.92. The van der Waals surface area contributed by atoms with Gasteiger partial charge in [0.1, 0.15) is 5.60 Å². The van der Waals surface area contributed by atoms with Crippen molar-refractivity contribution in [1.29, 1.82) is 0 Å². The van der Waals surface area contributed by atoms with Gasteiger partial charge in [-0.15, -0.1) is 0 Å². The Hall–Kier alpha value is -1.35. The Morgan fingerprint density at radius 2 is 2.20 bits per heavy atom. The van der Waals surface area contributed by atoms with Crippen molar-refractivity contribution in [3.8, 4) is 0 Å². The molecular weight excluding hydrogens is 192 g/mol. The van der Waals surface area contributed by atoms with Crippen molar-refractivity contribution in [2.24, 2.45) is 0 Å². The van der Waals surface area contributed by atoms with Gasteiger partial charge in [0, 0.05) is 6.42 Å². The minimum Gasteiger partial charge on any atom is -0.435 e. The fourth-order valence-corrected chi connectivity index (χ4v) is 2.46. The molecule has 3 heteroatoms. The van der Waals surface area contributed by atoms with Crippen LogP contribution < -0.4 is 0 Å². The Morgan fingerprint density at radius 1 is 1.40 bits per heavy atom. The standard InChI is InChI=1S/C12H12O3/c1-12-7-10(13)14-11(15-12)6-8-4-2-3-5-9(8)12/h2-5,11H,6-7H2,1H3. The molecule has 2 heterocycles. The van der Waals surface area contributed by atoms with Crippen LogP contribution in [0.5, 0.6) is 0 Å². The number of hydrogen-bond acceptors (Lipinski definition) is 3. The Kier molecular flexibility index (Phi) is 1.68. The zero-order chi connectivity index (χ0) is 10.5. The van der Waals surface area contributed by atoms with E-state index in [-0.39, 0.29) is 5.97 Å². The van der Waals surface area contributed by atoms with E-state index in [4.69, 9.17) is 9.47 Å². The van der Waals surface area contributed by atoms with Crippen LogP contribution in [0.2, 0.25) is 0 Å². The molecule has 78 valence electrons. The van der Waals surface area contributed by atoms with Crippen LogP contribution in [0.15, 0.2) is 24.3 Å². The number of esters is 1. The zero-order valence-corrected chi connectivity index (χ0v) is 8.53. The summed E-state index contributed by atoms with van der Waals surface area (Å²) >= 11 is 0. The summed E-state index contributed by atoms with van der Waals surface area (Å²) in [5.74, 6) is -0.164. The maximum absolute atomic E-state index is 11.4. The minimum atomic E-state index is -0.491. The van der Waals surface area contributed by atoms with Gasteiger partial charge >= 0.3 is 5.97 Å². The third-order valence-corrected chi connectivity index (χ3v) is 3.11. The second-order valence-electron chi connectivity index (χ2n) is 4.31. The fourth-order valence-electron chi connectivity index (χ4n) is 2.46. The molecule has 15 heavy (non-hydrogen) atoms. The van der Waals surface area contributed by atoms with Crippen LogP contribution in [0.25, 0.3) is 0 Å². The molecule has 1 aromatic rings. The number of carbonyl (C=O) groups excluding carboxylic acids is 1. The van der Waals surface area contributed by atoms with Gasteiger partial charge in [0.2, 0.25) is 6.29 Å².